The van der Waals surface area contributed by atoms with E-state index >= 15 is 0 Å². The molecule has 6 heteroatoms. The molecule has 2 rings (SSSR count). The molecule has 24 heavy (non-hydrogen) atoms. The fourth-order valence-corrected chi connectivity index (χ4v) is 2.24. The van der Waals surface area contributed by atoms with E-state index in [4.69, 9.17) is 16.3 Å². The van der Waals surface area contributed by atoms with E-state index in [-0.39, 0.29) is 5.91 Å². The predicted molar refractivity (Wildman–Crippen MR) is 91.2 cm³/mol. The maximum Gasteiger partial charge on any atom is 0.337 e. The molecule has 0 fully saturated rings. The van der Waals surface area contributed by atoms with Gasteiger partial charge in [-0.2, -0.15) is 0 Å². The van der Waals surface area contributed by atoms with Gasteiger partial charge in [-0.1, -0.05) is 35.9 Å². The van der Waals surface area contributed by atoms with Crippen LogP contribution in [0.4, 0.5) is 0 Å². The molecule has 5 nitrogen and oxygen atoms in total. The Labute approximate surface area is 145 Å². The van der Waals surface area contributed by atoms with Crippen LogP contribution in [-0.4, -0.2) is 25.1 Å². The summed E-state index contributed by atoms with van der Waals surface area (Å²) in [5.74, 6) is -0.326. The molecule has 0 unspecified atom stereocenters. The molecule has 0 aliphatic heterocycles. The summed E-state index contributed by atoms with van der Waals surface area (Å²) in [4.78, 5) is 23.6. The SMILES string of the molecule is COC(=O)c1cccc(O[C@H](C)C(=O)NCc2ccccc2Cl)c1. The molecule has 0 spiro atoms. The van der Waals surface area contributed by atoms with E-state index in [1.54, 1.807) is 31.2 Å². The van der Waals surface area contributed by atoms with Gasteiger partial charge in [0.05, 0.1) is 12.7 Å². The summed E-state index contributed by atoms with van der Waals surface area (Å²) in [5.41, 5.74) is 1.19. The molecule has 0 aliphatic rings. The summed E-state index contributed by atoms with van der Waals surface area (Å²) in [6.45, 7) is 1.95. The maximum atomic E-state index is 12.1. The van der Waals surface area contributed by atoms with Crippen LogP contribution in [0.5, 0.6) is 5.75 Å². The van der Waals surface area contributed by atoms with Crippen LogP contribution in [0.3, 0.4) is 0 Å². The number of rotatable bonds is 6. The van der Waals surface area contributed by atoms with Gasteiger partial charge in [0.2, 0.25) is 0 Å². The number of halogens is 1. The Morgan fingerprint density at radius 3 is 2.62 bits per heavy atom. The van der Waals surface area contributed by atoms with E-state index in [2.05, 4.69) is 10.1 Å². The summed E-state index contributed by atoms with van der Waals surface area (Å²) in [5, 5.41) is 3.36. The van der Waals surface area contributed by atoms with Crippen molar-refractivity contribution in [2.45, 2.75) is 19.6 Å². The summed E-state index contributed by atoms with van der Waals surface area (Å²) in [6.07, 6.45) is -0.722. The second kappa shape index (κ2) is 8.36. The minimum Gasteiger partial charge on any atom is -0.481 e. The van der Waals surface area contributed by atoms with Crippen LogP contribution in [0, 0.1) is 0 Å². The second-order valence-corrected chi connectivity index (χ2v) is 5.50. The summed E-state index contributed by atoms with van der Waals surface area (Å²) in [6, 6.07) is 13.8. The second-order valence-electron chi connectivity index (χ2n) is 5.09. The van der Waals surface area contributed by atoms with Crippen molar-refractivity contribution in [3.05, 3.63) is 64.7 Å². The van der Waals surface area contributed by atoms with Crippen LogP contribution in [0.15, 0.2) is 48.5 Å². The molecule has 0 saturated carbocycles. The van der Waals surface area contributed by atoms with E-state index < -0.39 is 12.1 Å². The first-order valence-corrected chi connectivity index (χ1v) is 7.75. The average molecular weight is 348 g/mol. The maximum absolute atomic E-state index is 12.1. The molecule has 0 aliphatic carbocycles. The van der Waals surface area contributed by atoms with Crippen molar-refractivity contribution in [3.63, 3.8) is 0 Å². The highest BCUT2D eigenvalue weighted by atomic mass is 35.5. The fourth-order valence-electron chi connectivity index (χ4n) is 2.04. The van der Waals surface area contributed by atoms with Crippen LogP contribution in [0.25, 0.3) is 0 Å². The zero-order valence-electron chi connectivity index (χ0n) is 13.4. The summed E-state index contributed by atoms with van der Waals surface area (Å²) < 4.78 is 10.2. The number of carbonyl (C=O) groups is 2. The van der Waals surface area contributed by atoms with Gasteiger partial charge >= 0.3 is 5.97 Å². The van der Waals surface area contributed by atoms with E-state index in [9.17, 15) is 9.59 Å². The Hall–Kier alpha value is -2.53. The first-order valence-electron chi connectivity index (χ1n) is 7.37. The first kappa shape index (κ1) is 17.8. The molecule has 2 aromatic rings. The predicted octanol–water partition coefficient (Wildman–Crippen LogP) is 3.21. The largest absolute Gasteiger partial charge is 0.481 e. The van der Waals surface area contributed by atoms with Gasteiger partial charge in [-0.3, -0.25) is 4.79 Å². The van der Waals surface area contributed by atoms with Crippen LogP contribution in [0.2, 0.25) is 5.02 Å². The number of hydrogen-bond acceptors (Lipinski definition) is 4. The van der Waals surface area contributed by atoms with Gasteiger partial charge in [0.1, 0.15) is 5.75 Å². The number of nitrogens with one attached hydrogen (secondary N) is 1. The third-order valence-electron chi connectivity index (χ3n) is 3.35. The number of hydrogen-bond donors (Lipinski definition) is 1. The van der Waals surface area contributed by atoms with Crippen LogP contribution in [0.1, 0.15) is 22.8 Å². The van der Waals surface area contributed by atoms with Crippen molar-refractivity contribution in [2.24, 2.45) is 0 Å². The first-order chi connectivity index (χ1) is 11.5. The van der Waals surface area contributed by atoms with Crippen LogP contribution < -0.4 is 10.1 Å². The lowest BCUT2D eigenvalue weighted by Gasteiger charge is -2.15. The molecular formula is C18H18ClNO4. The van der Waals surface area contributed by atoms with Crippen molar-refractivity contribution >= 4 is 23.5 Å². The molecule has 0 aromatic heterocycles. The Balaban J connectivity index is 1.94. The van der Waals surface area contributed by atoms with Crippen molar-refractivity contribution in [3.8, 4) is 5.75 Å². The third-order valence-corrected chi connectivity index (χ3v) is 3.72. The molecular weight excluding hydrogens is 330 g/mol. The molecule has 2 aromatic carbocycles. The van der Waals surface area contributed by atoms with Gasteiger partial charge in [-0.05, 0) is 36.8 Å². The number of amides is 1. The highest BCUT2D eigenvalue weighted by Crippen LogP contribution is 2.17. The van der Waals surface area contributed by atoms with Crippen molar-refractivity contribution in [2.75, 3.05) is 7.11 Å². The molecule has 0 saturated heterocycles. The van der Waals surface area contributed by atoms with Gasteiger partial charge in [0.15, 0.2) is 6.10 Å². The highest BCUT2D eigenvalue weighted by Gasteiger charge is 2.15. The average Bonchev–Trinajstić information content (AvgIpc) is 2.60. The lowest BCUT2D eigenvalue weighted by Crippen LogP contribution is -2.36. The summed E-state index contributed by atoms with van der Waals surface area (Å²) in [7, 11) is 1.31. The van der Waals surface area contributed by atoms with Gasteiger partial charge in [-0.15, -0.1) is 0 Å². The van der Waals surface area contributed by atoms with Crippen LogP contribution in [-0.2, 0) is 16.1 Å². The molecule has 1 atom stereocenters. The van der Waals surface area contributed by atoms with Gasteiger partial charge < -0.3 is 14.8 Å². The molecule has 0 bridgehead atoms. The van der Waals surface area contributed by atoms with Crippen molar-refractivity contribution in [1.29, 1.82) is 0 Å². The summed E-state index contributed by atoms with van der Waals surface area (Å²) >= 11 is 6.05. The van der Waals surface area contributed by atoms with E-state index in [0.29, 0.717) is 22.9 Å². The van der Waals surface area contributed by atoms with E-state index in [0.717, 1.165) is 5.56 Å². The monoisotopic (exact) mass is 347 g/mol. The number of benzene rings is 2. The Kier molecular flexibility index (Phi) is 6.21. The van der Waals surface area contributed by atoms with Gasteiger partial charge in [-0.25, -0.2) is 4.79 Å². The van der Waals surface area contributed by atoms with E-state index in [1.807, 2.05) is 18.2 Å². The fraction of sp³-hybridized carbons (Fsp3) is 0.222. The zero-order valence-corrected chi connectivity index (χ0v) is 14.2. The minimum absolute atomic E-state index is 0.279. The Bertz CT molecular complexity index is 732. The topological polar surface area (TPSA) is 64.6 Å². The molecule has 126 valence electrons. The lowest BCUT2D eigenvalue weighted by molar-refractivity contribution is -0.127. The van der Waals surface area contributed by atoms with Crippen molar-refractivity contribution in [1.82, 2.24) is 5.32 Å². The van der Waals surface area contributed by atoms with Crippen molar-refractivity contribution < 1.29 is 19.1 Å². The van der Waals surface area contributed by atoms with Gasteiger partial charge in [0.25, 0.3) is 5.91 Å². The smallest absolute Gasteiger partial charge is 0.337 e. The Morgan fingerprint density at radius 2 is 1.92 bits per heavy atom. The van der Waals surface area contributed by atoms with E-state index in [1.165, 1.54) is 13.2 Å². The van der Waals surface area contributed by atoms with Gasteiger partial charge in [0, 0.05) is 11.6 Å². The number of methoxy groups -OCH3 is 1. The normalized spacial score (nSPS) is 11.5. The lowest BCUT2D eigenvalue weighted by atomic mass is 10.2. The number of carbonyl (C=O) groups excluding carboxylic acids is 2. The molecule has 1 N–H and O–H groups in total. The third kappa shape index (κ3) is 4.73. The van der Waals surface area contributed by atoms with Crippen LogP contribution >= 0.6 is 11.6 Å². The number of esters is 1. The molecule has 0 radical (unpaired) electrons. The quantitative estimate of drug-likeness (QED) is 0.815. The highest BCUT2D eigenvalue weighted by molar-refractivity contribution is 6.31. The minimum atomic E-state index is -0.722. The number of ether oxygens (including phenoxy) is 2. The molecule has 0 heterocycles. The zero-order chi connectivity index (χ0) is 17.5. The standard InChI is InChI=1S/C18H18ClNO4/c1-12(17(21)20-11-14-6-3-4-9-16(14)19)24-15-8-5-7-13(10-15)18(22)23-2/h3-10,12H,11H2,1-2H3,(H,20,21)/t12-/m1/s1. The molecule has 1 amide bonds. The Morgan fingerprint density at radius 1 is 1.17 bits per heavy atom.